The van der Waals surface area contributed by atoms with Gasteiger partial charge >= 0.3 is 0 Å². The van der Waals surface area contributed by atoms with Crippen molar-refractivity contribution in [3.63, 3.8) is 0 Å². The van der Waals surface area contributed by atoms with Crippen LogP contribution >= 0.6 is 11.8 Å². The van der Waals surface area contributed by atoms with Crippen LogP contribution in [0.15, 0.2) is 69.5 Å². The highest BCUT2D eigenvalue weighted by Crippen LogP contribution is 2.23. The Morgan fingerprint density at radius 3 is 2.31 bits per heavy atom. The fourth-order valence-corrected chi connectivity index (χ4v) is 4.39. The predicted molar refractivity (Wildman–Crippen MR) is 113 cm³/mol. The quantitative estimate of drug-likeness (QED) is 0.451. The van der Waals surface area contributed by atoms with E-state index in [0.29, 0.717) is 5.04 Å². The third-order valence-corrected chi connectivity index (χ3v) is 6.08. The van der Waals surface area contributed by atoms with Crippen molar-refractivity contribution < 1.29 is 8.42 Å². The first kappa shape index (κ1) is 20.5. The second-order valence-electron chi connectivity index (χ2n) is 6.07. The van der Waals surface area contributed by atoms with E-state index in [-0.39, 0.29) is 4.90 Å². The number of unbranched alkanes of at least 4 members (excludes halogenated alkanes) is 1. The van der Waals surface area contributed by atoms with Crippen LogP contribution in [-0.4, -0.2) is 19.7 Å². The van der Waals surface area contributed by atoms with Crippen LogP contribution in [0.25, 0.3) is 6.08 Å². The van der Waals surface area contributed by atoms with Gasteiger partial charge < -0.3 is 0 Å². The van der Waals surface area contributed by atoms with Crippen LogP contribution in [0.3, 0.4) is 0 Å². The number of hydrogen-bond donors (Lipinski definition) is 0. The molecule has 0 unspecified atom stereocenters. The van der Waals surface area contributed by atoms with Crippen molar-refractivity contribution in [2.75, 3.05) is 6.26 Å². The lowest BCUT2D eigenvalue weighted by Gasteiger charge is -2.10. The van der Waals surface area contributed by atoms with E-state index in [1.54, 1.807) is 24.3 Å². The van der Waals surface area contributed by atoms with Gasteiger partial charge in [0.25, 0.3) is 10.0 Å². The molecule has 0 heterocycles. The van der Waals surface area contributed by atoms with Gasteiger partial charge in [0, 0.05) is 0 Å². The lowest BCUT2D eigenvalue weighted by Crippen LogP contribution is -2.05. The van der Waals surface area contributed by atoms with Crippen molar-refractivity contribution in [3.05, 3.63) is 71.3 Å². The molecule has 0 bridgehead atoms. The van der Waals surface area contributed by atoms with Gasteiger partial charge in [-0.3, -0.25) is 0 Å². The fourth-order valence-electron chi connectivity index (χ4n) is 2.46. The monoisotopic (exact) mass is 387 g/mol. The summed E-state index contributed by atoms with van der Waals surface area (Å²) in [6.45, 7) is 4.05. The Morgan fingerprint density at radius 2 is 1.73 bits per heavy atom. The van der Waals surface area contributed by atoms with Crippen LogP contribution in [0.4, 0.5) is 0 Å². The molecular formula is C21H25NO2S2. The maximum atomic E-state index is 12.7. The molecular weight excluding hydrogens is 362 g/mol. The Bertz CT molecular complexity index is 868. The van der Waals surface area contributed by atoms with Gasteiger partial charge in [-0.15, -0.1) is 11.8 Å². The van der Waals surface area contributed by atoms with Gasteiger partial charge in [-0.1, -0.05) is 61.4 Å². The minimum absolute atomic E-state index is 0.226. The largest absolute Gasteiger partial charge is 0.283 e. The van der Waals surface area contributed by atoms with Gasteiger partial charge in [0.2, 0.25) is 0 Å². The molecule has 2 aromatic rings. The number of thioether (sulfide) groups is 1. The summed E-state index contributed by atoms with van der Waals surface area (Å²) in [5.74, 6) is 0. The molecule has 0 aliphatic carbocycles. The van der Waals surface area contributed by atoms with E-state index >= 15 is 0 Å². The summed E-state index contributed by atoms with van der Waals surface area (Å²) in [5, 5.41) is 0.558. The molecule has 3 nitrogen and oxygen atoms in total. The van der Waals surface area contributed by atoms with E-state index in [0.717, 1.165) is 36.0 Å². The van der Waals surface area contributed by atoms with Crippen molar-refractivity contribution in [1.82, 2.24) is 0 Å². The first-order valence-electron chi connectivity index (χ1n) is 8.68. The first-order chi connectivity index (χ1) is 12.5. The highest BCUT2D eigenvalue weighted by Gasteiger charge is 2.16. The summed E-state index contributed by atoms with van der Waals surface area (Å²) < 4.78 is 29.6. The molecule has 0 aliphatic rings. The molecule has 0 saturated heterocycles. The third-order valence-electron chi connectivity index (χ3n) is 3.93. The van der Waals surface area contributed by atoms with Crippen LogP contribution in [0, 0.1) is 6.92 Å². The summed E-state index contributed by atoms with van der Waals surface area (Å²) in [5.41, 5.74) is 3.03. The number of hydrogen-bond acceptors (Lipinski definition) is 3. The molecule has 2 aromatic carbocycles. The van der Waals surface area contributed by atoms with Crippen LogP contribution in [0.1, 0.15) is 37.3 Å². The Kier molecular flexibility index (Phi) is 7.66. The summed E-state index contributed by atoms with van der Waals surface area (Å²) in [4.78, 5) is 0.226. The lowest BCUT2D eigenvalue weighted by atomic mass is 10.1. The first-order valence-corrected chi connectivity index (χ1v) is 11.3. The number of nitrogens with zero attached hydrogens (tertiary/aromatic N) is 1. The molecule has 0 amide bonds. The van der Waals surface area contributed by atoms with E-state index < -0.39 is 10.0 Å². The molecule has 2 rings (SSSR count). The second-order valence-corrected chi connectivity index (χ2v) is 8.47. The van der Waals surface area contributed by atoms with Gasteiger partial charge in [0.15, 0.2) is 0 Å². The molecule has 0 saturated carbocycles. The average molecular weight is 388 g/mol. The van der Waals surface area contributed by atoms with Crippen molar-refractivity contribution in [3.8, 4) is 0 Å². The van der Waals surface area contributed by atoms with Crippen molar-refractivity contribution in [2.45, 2.75) is 38.0 Å². The molecule has 26 heavy (non-hydrogen) atoms. The minimum Gasteiger partial charge on any atom is -0.199 e. The van der Waals surface area contributed by atoms with Crippen molar-refractivity contribution in [1.29, 1.82) is 0 Å². The Morgan fingerprint density at radius 1 is 1.08 bits per heavy atom. The van der Waals surface area contributed by atoms with Crippen LogP contribution in [0.5, 0.6) is 0 Å². The topological polar surface area (TPSA) is 46.5 Å². The van der Waals surface area contributed by atoms with E-state index in [9.17, 15) is 8.42 Å². The molecule has 0 radical (unpaired) electrons. The highest BCUT2D eigenvalue weighted by atomic mass is 32.2. The number of benzene rings is 2. The fraction of sp³-hybridized carbons (Fsp3) is 0.286. The maximum absolute atomic E-state index is 12.7. The molecule has 0 spiro atoms. The smallest absolute Gasteiger partial charge is 0.199 e. The number of sulfonamides is 1. The van der Waals surface area contributed by atoms with E-state index in [2.05, 4.69) is 11.3 Å². The second kappa shape index (κ2) is 9.74. The maximum Gasteiger partial charge on any atom is 0.283 e. The standard InChI is InChI=1S/C21H25NO2S2/c1-4-5-11-19(16-18-9-7-6-8-10-18)21(25-3)22-26(23,24)20-14-12-17(2)13-15-20/h6-10,12-16H,4-5,11H2,1-3H3/b19-16+,22-21-. The molecule has 138 valence electrons. The Labute approximate surface area is 161 Å². The zero-order valence-corrected chi connectivity index (χ0v) is 17.1. The zero-order valence-electron chi connectivity index (χ0n) is 15.5. The van der Waals surface area contributed by atoms with Crippen LogP contribution in [-0.2, 0) is 10.0 Å². The summed E-state index contributed by atoms with van der Waals surface area (Å²) >= 11 is 1.37. The minimum atomic E-state index is -3.72. The third kappa shape index (κ3) is 5.85. The summed E-state index contributed by atoms with van der Waals surface area (Å²) in [6.07, 6.45) is 6.74. The molecule has 0 aliphatic heterocycles. The number of rotatable bonds is 7. The molecule has 0 atom stereocenters. The Hall–Kier alpha value is -1.85. The van der Waals surface area contributed by atoms with Gasteiger partial charge in [0.1, 0.15) is 5.04 Å². The van der Waals surface area contributed by atoms with E-state index in [1.807, 2.05) is 49.6 Å². The van der Waals surface area contributed by atoms with Crippen LogP contribution < -0.4 is 0 Å². The normalized spacial score (nSPS) is 13.0. The molecule has 0 N–H and O–H groups in total. The van der Waals surface area contributed by atoms with Gasteiger partial charge in [-0.2, -0.15) is 12.8 Å². The molecule has 0 aromatic heterocycles. The Balaban J connectivity index is 2.44. The molecule has 5 heteroatoms. The zero-order chi connectivity index (χ0) is 19.0. The van der Waals surface area contributed by atoms with E-state index in [1.165, 1.54) is 11.8 Å². The van der Waals surface area contributed by atoms with Gasteiger partial charge in [-0.05, 0) is 55.4 Å². The predicted octanol–water partition coefficient (Wildman–Crippen LogP) is 5.72. The van der Waals surface area contributed by atoms with Crippen molar-refractivity contribution in [2.24, 2.45) is 4.40 Å². The average Bonchev–Trinajstić information content (AvgIpc) is 2.64. The number of aryl methyl sites for hydroxylation is 1. The summed E-state index contributed by atoms with van der Waals surface area (Å²) in [6, 6.07) is 16.7. The summed E-state index contributed by atoms with van der Waals surface area (Å²) in [7, 11) is -3.72. The lowest BCUT2D eigenvalue weighted by molar-refractivity contribution is 0.598. The van der Waals surface area contributed by atoms with Gasteiger partial charge in [-0.25, -0.2) is 0 Å². The van der Waals surface area contributed by atoms with Gasteiger partial charge in [0.05, 0.1) is 4.90 Å². The van der Waals surface area contributed by atoms with E-state index in [4.69, 9.17) is 0 Å². The van der Waals surface area contributed by atoms with Crippen LogP contribution in [0.2, 0.25) is 0 Å². The van der Waals surface area contributed by atoms with Crippen molar-refractivity contribution >= 4 is 32.9 Å². The SMILES string of the molecule is CCCCC(=C\c1ccccc1)/C(=N/S(=O)(=O)c1ccc(C)cc1)SC. The highest BCUT2D eigenvalue weighted by molar-refractivity contribution is 8.14. The molecule has 0 fully saturated rings.